The van der Waals surface area contributed by atoms with Crippen molar-refractivity contribution in [1.29, 1.82) is 0 Å². The lowest BCUT2D eigenvalue weighted by Crippen LogP contribution is -2.25. The molecule has 0 saturated carbocycles. The van der Waals surface area contributed by atoms with Crippen LogP contribution in [-0.2, 0) is 0 Å². The summed E-state index contributed by atoms with van der Waals surface area (Å²) in [5.41, 5.74) is 1.03. The predicted molar refractivity (Wildman–Crippen MR) is 80.2 cm³/mol. The van der Waals surface area contributed by atoms with E-state index in [4.69, 9.17) is 4.11 Å². The number of hydrogen-bond donors (Lipinski definition) is 1. The molecule has 0 fully saturated rings. The summed E-state index contributed by atoms with van der Waals surface area (Å²) in [4.78, 5) is 10.5. The second kappa shape index (κ2) is 6.12. The third-order valence-corrected chi connectivity index (χ3v) is 2.91. The van der Waals surface area contributed by atoms with Crippen LogP contribution in [0.1, 0.15) is 22.6 Å². The molecule has 102 valence electrons. The van der Waals surface area contributed by atoms with Crippen LogP contribution in [0.4, 0.5) is 11.4 Å². The van der Waals surface area contributed by atoms with E-state index in [1.165, 1.54) is 24.3 Å². The van der Waals surface area contributed by atoms with Crippen molar-refractivity contribution >= 4 is 11.4 Å². The highest BCUT2D eigenvalue weighted by molar-refractivity contribution is 5.53. The van der Waals surface area contributed by atoms with Crippen LogP contribution in [0.5, 0.6) is 0 Å². The van der Waals surface area contributed by atoms with E-state index in [1.807, 2.05) is 0 Å². The van der Waals surface area contributed by atoms with E-state index in [9.17, 15) is 10.1 Å². The third-order valence-electron chi connectivity index (χ3n) is 2.91. The summed E-state index contributed by atoms with van der Waals surface area (Å²) in [6, 6.07) is 13.6. The maximum atomic E-state index is 10.5. The van der Waals surface area contributed by atoms with Crippen LogP contribution in [0.3, 0.4) is 0 Å². The van der Waals surface area contributed by atoms with Crippen molar-refractivity contribution in [1.82, 2.24) is 0 Å². The van der Waals surface area contributed by atoms with Gasteiger partial charge < -0.3 is 0 Å². The number of nitroso groups, excluding NO2 is 1. The Hall–Kier alpha value is -2.46. The lowest BCUT2D eigenvalue weighted by Gasteiger charge is -2.28. The zero-order valence-corrected chi connectivity index (χ0v) is 10.7. The highest BCUT2D eigenvalue weighted by Crippen LogP contribution is 2.31. The molecular weight excluding hydrogens is 252 g/mol. The Morgan fingerprint density at radius 1 is 1.25 bits per heavy atom. The molecule has 1 N–H and O–H groups in total. The minimum Gasteiger partial charge on any atom is -0.288 e. The van der Waals surface area contributed by atoms with Crippen molar-refractivity contribution in [3.05, 3.63) is 77.2 Å². The van der Waals surface area contributed by atoms with Crippen molar-refractivity contribution in [3.8, 4) is 0 Å². The van der Waals surface area contributed by atoms with E-state index in [0.29, 0.717) is 11.3 Å². The Morgan fingerprint density at radius 2 is 1.90 bits per heavy atom. The Labute approximate surface area is 122 Å². The highest BCUT2D eigenvalue weighted by Gasteiger charge is 2.20. The normalized spacial score (nSPS) is 14.6. The van der Waals surface area contributed by atoms with Crippen molar-refractivity contribution in [2.24, 2.45) is 5.18 Å². The van der Waals surface area contributed by atoms with Crippen molar-refractivity contribution in [3.63, 3.8) is 0 Å². The number of hydroxylamine groups is 1. The lowest BCUT2D eigenvalue weighted by atomic mass is 10.0. The maximum absolute atomic E-state index is 10.5. The second-order valence-electron chi connectivity index (χ2n) is 4.29. The molecule has 2 aromatic carbocycles. The number of anilines is 1. The quantitative estimate of drug-likeness (QED) is 0.491. The van der Waals surface area contributed by atoms with Crippen LogP contribution >= 0.6 is 0 Å². The van der Waals surface area contributed by atoms with E-state index < -0.39 is 12.9 Å². The Kier molecular flexibility index (Phi) is 3.17. The maximum Gasteiger partial charge on any atom is 0.108 e. The predicted octanol–water partition coefficient (Wildman–Crippen LogP) is 4.60. The van der Waals surface area contributed by atoms with Crippen LogP contribution in [-0.4, -0.2) is 5.21 Å². The average Bonchev–Trinajstić information content (AvgIpc) is 2.55. The molecule has 0 saturated heterocycles. The molecule has 0 aliphatic rings. The summed E-state index contributed by atoms with van der Waals surface area (Å²) in [6.45, 7) is 1.23. The van der Waals surface area contributed by atoms with E-state index in [0.717, 1.165) is 5.06 Å². The summed E-state index contributed by atoms with van der Waals surface area (Å²) in [7, 11) is 0. The summed E-state index contributed by atoms with van der Waals surface area (Å²) in [6.07, 6.45) is 0. The van der Waals surface area contributed by atoms with Crippen LogP contribution in [0.2, 0.25) is 0 Å². The molecule has 2 rings (SSSR count). The molecule has 0 bridgehead atoms. The van der Waals surface area contributed by atoms with E-state index in [-0.39, 0.29) is 11.3 Å². The molecule has 20 heavy (non-hydrogen) atoms. The van der Waals surface area contributed by atoms with Gasteiger partial charge in [0.1, 0.15) is 11.7 Å². The average molecular weight is 271 g/mol. The lowest BCUT2D eigenvalue weighted by molar-refractivity contribution is 0.229. The summed E-state index contributed by atoms with van der Waals surface area (Å²) >= 11 is 0. The molecule has 0 heterocycles. The number of benzene rings is 2. The van der Waals surface area contributed by atoms with E-state index in [1.54, 1.807) is 30.3 Å². The van der Waals surface area contributed by atoms with Crippen LogP contribution < -0.4 is 5.06 Å². The molecular formula is C16H16N2O2. The molecule has 4 heteroatoms. The fraction of sp³-hybridized carbons (Fsp3) is 0.125. The van der Waals surface area contributed by atoms with Gasteiger partial charge in [0, 0.05) is 4.11 Å². The molecule has 0 spiro atoms. The summed E-state index contributed by atoms with van der Waals surface area (Å²) in [5, 5.41) is 14.2. The second-order valence-corrected chi connectivity index (χ2v) is 4.29. The molecule has 1 atom stereocenters. The molecule has 0 amide bonds. The monoisotopic (exact) mass is 271 g/mol. The van der Waals surface area contributed by atoms with E-state index >= 15 is 0 Å². The first-order chi connectivity index (χ1) is 10.8. The van der Waals surface area contributed by atoms with Gasteiger partial charge >= 0.3 is 0 Å². The van der Waals surface area contributed by atoms with Gasteiger partial charge in [-0.05, 0) is 41.9 Å². The Balaban J connectivity index is 2.43. The first kappa shape index (κ1) is 10.3. The smallest absolute Gasteiger partial charge is 0.108 e. The molecule has 0 aliphatic heterocycles. The summed E-state index contributed by atoms with van der Waals surface area (Å²) in [5.74, 6) is 0. The van der Waals surface area contributed by atoms with Gasteiger partial charge in [-0.15, -0.1) is 4.91 Å². The van der Waals surface area contributed by atoms with Crippen molar-refractivity contribution in [2.45, 2.75) is 12.9 Å². The van der Waals surface area contributed by atoms with Gasteiger partial charge in [-0.25, -0.2) is 5.06 Å². The standard InChI is InChI=1S/C16H16N2O2/c1-12(2)16(13-6-4-3-5-7-13)18(20)15-10-8-14(17-19)9-11-15/h3-11,16,20H,1H2,2H3/i2D3. The zero-order valence-electron chi connectivity index (χ0n) is 13.7. The fourth-order valence-corrected chi connectivity index (χ4v) is 1.94. The number of hydrogen-bond acceptors (Lipinski definition) is 4. The number of rotatable bonds is 5. The SMILES string of the molecule is [2H]C([2H])([2H])C(=C)C(c1ccccc1)N(O)c1ccc(N=O)cc1. The zero-order chi connectivity index (χ0) is 17.0. The van der Waals surface area contributed by atoms with Gasteiger partial charge in [0.15, 0.2) is 0 Å². The Morgan fingerprint density at radius 3 is 2.45 bits per heavy atom. The largest absolute Gasteiger partial charge is 0.288 e. The molecule has 0 aromatic heterocycles. The van der Waals surface area contributed by atoms with Gasteiger partial charge in [-0.2, -0.15) is 0 Å². The molecule has 2 aromatic rings. The molecule has 0 aliphatic carbocycles. The first-order valence-corrected chi connectivity index (χ1v) is 6.00. The highest BCUT2D eigenvalue weighted by atomic mass is 16.5. The van der Waals surface area contributed by atoms with Gasteiger partial charge in [-0.3, -0.25) is 5.21 Å². The van der Waals surface area contributed by atoms with E-state index in [2.05, 4.69) is 11.8 Å². The van der Waals surface area contributed by atoms with Gasteiger partial charge in [0.2, 0.25) is 0 Å². The minimum absolute atomic E-state index is 0.108. The van der Waals surface area contributed by atoms with Crippen LogP contribution in [0.15, 0.2) is 71.9 Å². The minimum atomic E-state index is -2.42. The number of nitrogens with zero attached hydrogens (tertiary/aromatic N) is 2. The van der Waals surface area contributed by atoms with Crippen molar-refractivity contribution < 1.29 is 9.32 Å². The van der Waals surface area contributed by atoms with Gasteiger partial charge in [-0.1, -0.05) is 42.5 Å². The van der Waals surface area contributed by atoms with Gasteiger partial charge in [0.25, 0.3) is 0 Å². The fourth-order valence-electron chi connectivity index (χ4n) is 1.94. The molecule has 4 nitrogen and oxygen atoms in total. The first-order valence-electron chi connectivity index (χ1n) is 7.50. The Bertz CT molecular complexity index is 685. The topological polar surface area (TPSA) is 52.9 Å². The molecule has 1 unspecified atom stereocenters. The van der Waals surface area contributed by atoms with Crippen LogP contribution in [0, 0.1) is 4.91 Å². The van der Waals surface area contributed by atoms with Crippen molar-refractivity contribution in [2.75, 3.05) is 5.06 Å². The van der Waals surface area contributed by atoms with Crippen LogP contribution in [0.25, 0.3) is 0 Å². The summed E-state index contributed by atoms with van der Waals surface area (Å²) < 4.78 is 22.7. The van der Waals surface area contributed by atoms with Gasteiger partial charge in [0.05, 0.1) is 5.69 Å². The molecule has 0 radical (unpaired) electrons. The third kappa shape index (κ3) is 2.92.